The second kappa shape index (κ2) is 46.5. The quantitative estimate of drug-likeness (QED) is 0.0144. The van der Waals surface area contributed by atoms with Gasteiger partial charge < -0.3 is 183 Å². The molecular formula is C68H110N22O27S2. The summed E-state index contributed by atoms with van der Waals surface area (Å²) in [5, 5.41) is 147. The third-order valence-electron chi connectivity index (χ3n) is 19.3. The summed E-state index contributed by atoms with van der Waals surface area (Å²) in [5.41, 5.74) is 45.1. The number of nitrogens with one attached hydrogen (secondary N) is 9. The highest BCUT2D eigenvalue weighted by Gasteiger charge is 2.54. The fourth-order valence-electron chi connectivity index (χ4n) is 12.4. The molecule has 49 nitrogen and oxygen atoms in total. The molecule has 3 aliphatic heterocycles. The van der Waals surface area contributed by atoms with Gasteiger partial charge in [0.05, 0.1) is 80.3 Å². The van der Waals surface area contributed by atoms with Crippen LogP contribution in [-0.4, -0.2) is 333 Å². The van der Waals surface area contributed by atoms with Crippen molar-refractivity contribution in [2.24, 2.45) is 40.1 Å². The molecule has 3 aliphatic rings. The van der Waals surface area contributed by atoms with Crippen molar-refractivity contribution in [2.75, 3.05) is 58.2 Å². The number of aromatic amines is 1. The van der Waals surface area contributed by atoms with Gasteiger partial charge in [0.15, 0.2) is 37.3 Å². The Labute approximate surface area is 687 Å². The Morgan fingerprint density at radius 2 is 1.36 bits per heavy atom. The van der Waals surface area contributed by atoms with Crippen LogP contribution >= 0.6 is 22.7 Å². The van der Waals surface area contributed by atoms with Crippen molar-refractivity contribution in [2.45, 2.75) is 238 Å². The summed E-state index contributed by atoms with van der Waals surface area (Å²) in [7, 11) is 0. The van der Waals surface area contributed by atoms with Gasteiger partial charge in [-0.1, -0.05) is 0 Å². The molecule has 0 bridgehead atoms. The van der Waals surface area contributed by atoms with Crippen LogP contribution in [0.25, 0.3) is 10.7 Å². The number of thiazole rings is 2. The molecule has 3 fully saturated rings. The van der Waals surface area contributed by atoms with E-state index in [-0.39, 0.29) is 51.5 Å². The number of carbonyl (C=O) groups excluding carboxylic acids is 9. The monoisotopic (exact) mass is 1730 g/mol. The third kappa shape index (κ3) is 27.5. The van der Waals surface area contributed by atoms with Crippen LogP contribution in [0.1, 0.15) is 133 Å². The molecule has 9 amide bonds. The van der Waals surface area contributed by atoms with Gasteiger partial charge in [0.1, 0.15) is 112 Å². The van der Waals surface area contributed by atoms with Gasteiger partial charge in [-0.25, -0.2) is 29.7 Å². The van der Waals surface area contributed by atoms with Crippen LogP contribution in [-0.2, 0) is 61.9 Å². The number of hydrogen-bond acceptors (Lipinski definition) is 41. The molecule has 0 aliphatic carbocycles. The van der Waals surface area contributed by atoms with E-state index in [9.17, 15) is 89.7 Å². The molecule has 0 aromatic carbocycles. The van der Waals surface area contributed by atoms with E-state index in [0.717, 1.165) is 81.4 Å². The highest BCUT2D eigenvalue weighted by atomic mass is 32.1. The van der Waals surface area contributed by atoms with E-state index in [1.807, 2.05) is 0 Å². The van der Waals surface area contributed by atoms with Gasteiger partial charge in [-0.15, -0.1) is 22.7 Å². The van der Waals surface area contributed by atoms with Crippen LogP contribution < -0.4 is 88.4 Å². The Bertz CT molecular complexity index is 3960. The number of amides is 9. The second-order valence-electron chi connectivity index (χ2n) is 28.6. The van der Waals surface area contributed by atoms with Crippen molar-refractivity contribution in [3.63, 3.8) is 0 Å². The van der Waals surface area contributed by atoms with Gasteiger partial charge in [-0.2, -0.15) is 0 Å². The lowest BCUT2D eigenvalue weighted by Crippen LogP contribution is -2.65. The normalized spacial score (nSPS) is 26.0. The number of nitrogens with zero attached hydrogens (tertiary/aromatic N) is 5. The molecule has 3 saturated heterocycles. The molecule has 7 heterocycles. The summed E-state index contributed by atoms with van der Waals surface area (Å²) < 4.78 is 40.5. The fraction of sp³-hybridized carbons (Fsp3) is 0.676. The molecule has 51 heteroatoms. The highest BCUT2D eigenvalue weighted by molar-refractivity contribution is 7.14. The first kappa shape index (κ1) is 97.6. The van der Waals surface area contributed by atoms with E-state index in [1.165, 1.54) is 24.6 Å². The lowest BCUT2D eigenvalue weighted by Gasteiger charge is -2.47. The molecular weight excluding hydrogens is 1620 g/mol. The number of aliphatic hydroxyl groups excluding tert-OH is 11. The zero-order valence-corrected chi connectivity index (χ0v) is 66.9. The lowest BCUT2D eigenvalue weighted by atomic mass is 9.97. The van der Waals surface area contributed by atoms with Crippen molar-refractivity contribution in [1.82, 2.24) is 72.4 Å². The molecule has 119 heavy (non-hydrogen) atoms. The maximum absolute atomic E-state index is 15.3. The number of ether oxygens (including phenoxy) is 7. The molecule has 36 N–H and O–H groups in total. The van der Waals surface area contributed by atoms with E-state index < -0.39 is 256 Å². The molecule has 26 atom stereocenters. The van der Waals surface area contributed by atoms with E-state index >= 15 is 9.59 Å². The van der Waals surface area contributed by atoms with E-state index in [0.29, 0.717) is 25.9 Å². The van der Waals surface area contributed by atoms with Crippen LogP contribution in [0, 0.1) is 6.92 Å². The summed E-state index contributed by atoms with van der Waals surface area (Å²) in [4.78, 5) is 145. The van der Waals surface area contributed by atoms with Gasteiger partial charge >= 0.3 is 6.09 Å². The SMILES string of the molecule is Cc1c(N)nc([C@H](CC(N)=O)NC[C@H](N)C(N)=O)nc1C(=O)N[C@H](C(=O)N[C@H](C)[C@@H](O)CC(=O)N[C@H](C(=O)NC(O[C@@H]1O[C@@H](C)[C@@H](N)[C@@H](O)[C@H]1O)C(O)c1nc(-c2nc(C(=O)NCCCC(N)CC(=O)NCCCNCCCCN)cs2)cs1)[C@@H](C)O)[C@H](O[C@@H]1O[C@@H](CO)[C@@H](O)[C@H](O)[C@@H]1O[C@H]1O[C@H](CO)[C@@H](O)[C@H](OC(N)=O)[C@@H]1O)c1cnc[nH]1. The molecule has 4 aromatic heterocycles. The van der Waals surface area contributed by atoms with E-state index in [4.69, 9.17) is 79.0 Å². The third-order valence-corrected chi connectivity index (χ3v) is 21.1. The number of imidazole rings is 1. The Balaban J connectivity index is 1.11. The minimum atomic E-state index is -2.27. The molecule has 0 radical (unpaired) electrons. The number of nitrogens with two attached hydrogens (primary N) is 8. The molecule has 0 spiro atoms. The van der Waals surface area contributed by atoms with Crippen molar-refractivity contribution >= 4 is 81.8 Å². The topological polar surface area (TPSA) is 825 Å². The number of rotatable bonds is 47. The molecule has 0 saturated carbocycles. The largest absolute Gasteiger partial charge is 0.441 e. The number of H-pyrrole nitrogens is 1. The van der Waals surface area contributed by atoms with Crippen LogP contribution in [0.4, 0.5) is 10.6 Å². The van der Waals surface area contributed by atoms with Gasteiger partial charge in [-0.3, -0.25) is 38.4 Å². The van der Waals surface area contributed by atoms with Crippen LogP contribution in [0.2, 0.25) is 0 Å². The predicted octanol–water partition coefficient (Wildman–Crippen LogP) is -11.3. The Hall–Kier alpha value is -8.54. The summed E-state index contributed by atoms with van der Waals surface area (Å²) in [6.45, 7) is 5.33. The van der Waals surface area contributed by atoms with Crippen LogP contribution in [0.3, 0.4) is 0 Å². The van der Waals surface area contributed by atoms with Gasteiger partial charge in [0.2, 0.25) is 35.4 Å². The van der Waals surface area contributed by atoms with Gasteiger partial charge in [-0.05, 0) is 79.4 Å². The Kier molecular flexibility index (Phi) is 38.1. The molecule has 666 valence electrons. The zero-order valence-electron chi connectivity index (χ0n) is 65.3. The Morgan fingerprint density at radius 3 is 2.02 bits per heavy atom. The molecule has 3 unspecified atom stereocenters. The summed E-state index contributed by atoms with van der Waals surface area (Å²) in [6, 6.07) is -10.2. The first-order valence-corrected chi connectivity index (χ1v) is 39.7. The standard InChI is InChI=1S/C68H110N22O27S2/c1-25-42(87-57(89-55(25)74)31(16-38(72)95)81-18-30(71)56(75)105)59(107)88-44(52(32-19-78-24-82-32)114-67-54(48(101)45(98)36(20-91)113-67)115-66-50(103)53(116-68(76)110)46(99)37(21-92)112-66)61(109)83-26(2)35(94)17-40(97)86-43(27(3)93)60(108)90-62(117-65-49(102)47(100)41(73)28(4)111-65)51(104)64-85-34(23-119-64)63-84-33(22-118-63)58(106)80-13-7-9-29(70)15-39(96)79-14-8-12-77-11-6-5-10-69/h19,22-24,26-31,35-37,41,43-54,62,65-67,77,81,91-94,98-104H,5-18,20-21,69-71,73H2,1-4H3,(H2,72,95)(H2,75,105)(H2,76,110)(H,78,82)(H,79,96)(H,80,106)(H,83,109)(H,86,97)(H,88,107)(H,90,108)(H2,74,87,89)/t26-,27-,28+,29?,30+,31+,35+,36+,37-,41-,43+,44+,45-,46-,47-,48+,49-,50+,51?,52-,53+,54+,62?,65+,66-,67+/m1/s1. The number of unbranched alkanes of at least 4 members (excludes halogenated alkanes) is 1. The van der Waals surface area contributed by atoms with Crippen LogP contribution in [0.5, 0.6) is 0 Å². The second-order valence-corrected chi connectivity index (χ2v) is 30.3. The van der Waals surface area contributed by atoms with Crippen LogP contribution in [0.15, 0.2) is 23.3 Å². The summed E-state index contributed by atoms with van der Waals surface area (Å²) in [6.07, 6.45) is -34.5. The number of primary amides is 3. The van der Waals surface area contributed by atoms with Gasteiger partial charge in [0, 0.05) is 54.8 Å². The number of anilines is 1. The number of carbonyl (C=O) groups is 9. The maximum Gasteiger partial charge on any atom is 0.404 e. The average Bonchev–Trinajstić information content (AvgIpc) is 1.21. The predicted molar refractivity (Wildman–Crippen MR) is 412 cm³/mol. The zero-order chi connectivity index (χ0) is 87.8. The maximum atomic E-state index is 15.3. The first-order chi connectivity index (χ1) is 56.4. The van der Waals surface area contributed by atoms with Crippen molar-refractivity contribution in [3.8, 4) is 10.7 Å². The van der Waals surface area contributed by atoms with Crippen molar-refractivity contribution in [3.05, 3.63) is 56.8 Å². The smallest absolute Gasteiger partial charge is 0.404 e. The highest BCUT2D eigenvalue weighted by Crippen LogP contribution is 2.36. The van der Waals surface area contributed by atoms with Gasteiger partial charge in [0.25, 0.3) is 11.8 Å². The minimum Gasteiger partial charge on any atom is -0.441 e. The lowest BCUT2D eigenvalue weighted by molar-refractivity contribution is -0.372. The number of aliphatic hydroxyl groups is 11. The minimum absolute atomic E-state index is 0.00960. The molecule has 4 aromatic rings. The summed E-state index contributed by atoms with van der Waals surface area (Å²) >= 11 is 1.84. The summed E-state index contributed by atoms with van der Waals surface area (Å²) in [5.74, 6) is -8.64. The number of hydrogen-bond donors (Lipinski definition) is 28. The first-order valence-electron chi connectivity index (χ1n) is 37.9. The number of nitrogen functional groups attached to an aromatic ring is 1. The number of aromatic nitrogens is 6. The van der Waals surface area contributed by atoms with E-state index in [1.54, 1.807) is 0 Å². The van der Waals surface area contributed by atoms with E-state index in [2.05, 4.69) is 72.4 Å². The van der Waals surface area contributed by atoms with Crippen molar-refractivity contribution < 1.29 is 132 Å². The average molecular weight is 1730 g/mol. The van der Waals surface area contributed by atoms with Crippen molar-refractivity contribution in [1.29, 1.82) is 0 Å². The fourth-order valence-corrected chi connectivity index (χ4v) is 14.0. The molecule has 7 rings (SSSR count). The Morgan fingerprint density at radius 1 is 0.681 bits per heavy atom.